The fraction of sp³-hybridized carbons (Fsp3) is 0.455. The molecule has 2 atom stereocenters. The number of hydrogen-bond acceptors (Lipinski definition) is 4. The third-order valence-electron chi connectivity index (χ3n) is 5.03. The van der Waals surface area contributed by atoms with Crippen LogP contribution in [0.3, 0.4) is 0 Å². The maximum Gasteiger partial charge on any atom is 0.126 e. The highest BCUT2D eigenvalue weighted by Gasteiger charge is 2.25. The van der Waals surface area contributed by atoms with Gasteiger partial charge >= 0.3 is 0 Å². The molecule has 0 radical (unpaired) electrons. The van der Waals surface area contributed by atoms with Crippen LogP contribution in [0, 0.1) is 27.7 Å². The lowest BCUT2D eigenvalue weighted by atomic mass is 9.96. The Morgan fingerprint density at radius 2 is 1.33 bits per heavy atom. The molecular weight excluding hydrogens is 364 g/mol. The summed E-state index contributed by atoms with van der Waals surface area (Å²) in [5, 5.41) is 0.728. The van der Waals surface area contributed by atoms with Gasteiger partial charge in [-0.25, -0.2) is 0 Å². The minimum absolute atomic E-state index is 0.223. The molecule has 0 aliphatic carbocycles. The first-order valence-electron chi connectivity index (χ1n) is 9.34. The number of epoxide rings is 2. The van der Waals surface area contributed by atoms with Gasteiger partial charge in [-0.3, -0.25) is 0 Å². The summed E-state index contributed by atoms with van der Waals surface area (Å²) in [6, 6.07) is 6.37. The van der Waals surface area contributed by atoms with E-state index >= 15 is 0 Å². The van der Waals surface area contributed by atoms with E-state index in [0.29, 0.717) is 13.2 Å². The van der Waals surface area contributed by atoms with Crippen LogP contribution in [-0.4, -0.2) is 38.6 Å². The van der Waals surface area contributed by atoms with E-state index in [-0.39, 0.29) is 12.2 Å². The van der Waals surface area contributed by atoms with E-state index < -0.39 is 0 Å². The Morgan fingerprint density at radius 1 is 0.852 bits per heavy atom. The first kappa shape index (κ1) is 18.6. The van der Waals surface area contributed by atoms with Crippen LogP contribution in [-0.2, 0) is 9.47 Å². The fourth-order valence-electron chi connectivity index (χ4n) is 3.39. The average Bonchev–Trinajstić information content (AvgIpc) is 3.51. The molecule has 2 aliphatic heterocycles. The lowest BCUT2D eigenvalue weighted by Crippen LogP contribution is -2.07. The molecule has 2 aromatic rings. The lowest BCUT2D eigenvalue weighted by Gasteiger charge is -2.18. The Labute approximate surface area is 165 Å². The van der Waals surface area contributed by atoms with Crippen molar-refractivity contribution in [1.29, 1.82) is 0 Å². The zero-order chi connectivity index (χ0) is 19.1. The van der Waals surface area contributed by atoms with Crippen LogP contribution in [0.2, 0.25) is 5.02 Å². The van der Waals surface area contributed by atoms with Crippen molar-refractivity contribution in [3.63, 3.8) is 0 Å². The maximum absolute atomic E-state index is 6.73. The lowest BCUT2D eigenvalue weighted by molar-refractivity contribution is 0.260. The van der Waals surface area contributed by atoms with Gasteiger partial charge in [0.2, 0.25) is 0 Å². The van der Waals surface area contributed by atoms with Crippen LogP contribution < -0.4 is 9.47 Å². The molecule has 27 heavy (non-hydrogen) atoms. The molecule has 0 bridgehead atoms. The van der Waals surface area contributed by atoms with Gasteiger partial charge < -0.3 is 18.9 Å². The molecule has 0 spiro atoms. The third-order valence-corrected chi connectivity index (χ3v) is 5.52. The molecule has 2 fully saturated rings. The van der Waals surface area contributed by atoms with Gasteiger partial charge in [0.05, 0.1) is 18.2 Å². The van der Waals surface area contributed by atoms with E-state index in [4.69, 9.17) is 30.5 Å². The monoisotopic (exact) mass is 388 g/mol. The molecule has 0 amide bonds. The fourth-order valence-corrected chi connectivity index (χ4v) is 3.64. The second-order valence-electron chi connectivity index (χ2n) is 7.48. The van der Waals surface area contributed by atoms with Crippen molar-refractivity contribution >= 4 is 11.6 Å². The van der Waals surface area contributed by atoms with Crippen molar-refractivity contribution in [2.75, 3.05) is 26.4 Å². The quantitative estimate of drug-likeness (QED) is 0.639. The predicted molar refractivity (Wildman–Crippen MR) is 106 cm³/mol. The summed E-state index contributed by atoms with van der Waals surface area (Å²) < 4.78 is 22.4. The van der Waals surface area contributed by atoms with Gasteiger partial charge in [-0.05, 0) is 68.1 Å². The molecule has 144 valence electrons. The second kappa shape index (κ2) is 7.34. The number of aryl methyl sites for hydroxylation is 3. The molecule has 4 rings (SSSR count). The number of benzene rings is 2. The van der Waals surface area contributed by atoms with Gasteiger partial charge in [0.15, 0.2) is 0 Å². The topological polar surface area (TPSA) is 43.5 Å². The molecule has 2 saturated heterocycles. The summed E-state index contributed by atoms with van der Waals surface area (Å²) in [5.41, 5.74) is 6.35. The minimum Gasteiger partial charge on any atom is -0.490 e. The molecular formula is C22H25ClO4. The van der Waals surface area contributed by atoms with Crippen molar-refractivity contribution in [3.8, 4) is 22.6 Å². The smallest absolute Gasteiger partial charge is 0.126 e. The van der Waals surface area contributed by atoms with Crippen LogP contribution in [0.1, 0.15) is 22.3 Å². The molecule has 5 heteroatoms. The summed E-state index contributed by atoms with van der Waals surface area (Å²) in [7, 11) is 0. The highest BCUT2D eigenvalue weighted by atomic mass is 35.5. The van der Waals surface area contributed by atoms with Crippen LogP contribution in [0.4, 0.5) is 0 Å². The Bertz CT molecular complexity index is 846. The van der Waals surface area contributed by atoms with Crippen LogP contribution in [0.15, 0.2) is 18.2 Å². The normalized spacial score (nSPS) is 20.5. The Hall–Kier alpha value is -1.75. The van der Waals surface area contributed by atoms with Crippen molar-refractivity contribution in [2.45, 2.75) is 39.9 Å². The van der Waals surface area contributed by atoms with Crippen LogP contribution >= 0.6 is 11.6 Å². The molecule has 0 saturated carbocycles. The first-order chi connectivity index (χ1) is 12.9. The van der Waals surface area contributed by atoms with Gasteiger partial charge in [-0.1, -0.05) is 11.6 Å². The van der Waals surface area contributed by atoms with Gasteiger partial charge in [0.1, 0.15) is 36.9 Å². The van der Waals surface area contributed by atoms with Gasteiger partial charge in [-0.2, -0.15) is 0 Å². The summed E-state index contributed by atoms with van der Waals surface area (Å²) in [6.07, 6.45) is 0.470. The van der Waals surface area contributed by atoms with Crippen molar-refractivity contribution < 1.29 is 18.9 Å². The van der Waals surface area contributed by atoms with E-state index in [0.717, 1.165) is 63.1 Å². The second-order valence-corrected chi connectivity index (χ2v) is 7.86. The van der Waals surface area contributed by atoms with E-state index in [2.05, 4.69) is 39.0 Å². The molecule has 2 unspecified atom stereocenters. The molecule has 2 heterocycles. The molecule has 4 nitrogen and oxygen atoms in total. The number of hydrogen-bond donors (Lipinski definition) is 0. The Balaban J connectivity index is 1.63. The average molecular weight is 389 g/mol. The van der Waals surface area contributed by atoms with Gasteiger partial charge in [-0.15, -0.1) is 0 Å². The van der Waals surface area contributed by atoms with Gasteiger partial charge in [0, 0.05) is 11.1 Å². The largest absolute Gasteiger partial charge is 0.490 e. The van der Waals surface area contributed by atoms with Crippen LogP contribution in [0.25, 0.3) is 11.1 Å². The molecule has 0 aromatic heterocycles. The summed E-state index contributed by atoms with van der Waals surface area (Å²) >= 11 is 6.73. The third kappa shape index (κ3) is 4.08. The number of rotatable bonds is 7. The summed E-state index contributed by atoms with van der Waals surface area (Å²) in [4.78, 5) is 0. The van der Waals surface area contributed by atoms with E-state index in [1.165, 1.54) is 0 Å². The zero-order valence-corrected chi connectivity index (χ0v) is 17.0. The minimum atomic E-state index is 0.223. The number of ether oxygens (including phenoxy) is 4. The van der Waals surface area contributed by atoms with Crippen LogP contribution in [0.5, 0.6) is 11.5 Å². The standard InChI is InChI=1S/C22H25ClO4/c1-12-5-16(6-13(2)21(12)26-10-17-8-24-17)19-7-14(3)22(15(4)20(19)23)27-11-18-9-25-18/h5-7,17-18H,8-11H2,1-4H3. The van der Waals surface area contributed by atoms with Crippen molar-refractivity contribution in [1.82, 2.24) is 0 Å². The van der Waals surface area contributed by atoms with E-state index in [1.807, 2.05) is 6.92 Å². The molecule has 0 N–H and O–H groups in total. The highest BCUT2D eigenvalue weighted by molar-refractivity contribution is 6.34. The SMILES string of the molecule is Cc1cc(-c2cc(C)c(OCC3CO3)c(C)c2Cl)cc(C)c1OCC1CO1. The van der Waals surface area contributed by atoms with E-state index in [1.54, 1.807) is 0 Å². The van der Waals surface area contributed by atoms with Crippen molar-refractivity contribution in [3.05, 3.63) is 45.5 Å². The number of halogens is 1. The van der Waals surface area contributed by atoms with Crippen molar-refractivity contribution in [2.24, 2.45) is 0 Å². The highest BCUT2D eigenvalue weighted by Crippen LogP contribution is 2.40. The Morgan fingerprint density at radius 3 is 1.85 bits per heavy atom. The Kier molecular flexibility index (Phi) is 5.06. The zero-order valence-electron chi connectivity index (χ0n) is 16.2. The van der Waals surface area contributed by atoms with E-state index in [9.17, 15) is 0 Å². The summed E-state index contributed by atoms with van der Waals surface area (Å²) in [5.74, 6) is 1.79. The molecule has 2 aromatic carbocycles. The maximum atomic E-state index is 6.73. The first-order valence-corrected chi connectivity index (χ1v) is 9.72. The molecule has 2 aliphatic rings. The van der Waals surface area contributed by atoms with Gasteiger partial charge in [0.25, 0.3) is 0 Å². The summed E-state index contributed by atoms with van der Waals surface area (Å²) in [6.45, 7) is 11.0. The predicted octanol–water partition coefficient (Wildman–Crippen LogP) is 4.80.